The lowest BCUT2D eigenvalue weighted by Crippen LogP contribution is -1.92. The predicted octanol–water partition coefficient (Wildman–Crippen LogP) is 3.09. The van der Waals surface area contributed by atoms with Crippen LogP contribution < -0.4 is 0 Å². The fraction of sp³-hybridized carbons (Fsp3) is 0.111. The summed E-state index contributed by atoms with van der Waals surface area (Å²) < 4.78 is 0.961. The predicted molar refractivity (Wildman–Crippen MR) is 54.8 cm³/mol. The zero-order valence-electron chi connectivity index (χ0n) is 7.03. The van der Waals surface area contributed by atoms with Gasteiger partial charge in [-0.3, -0.25) is 10.1 Å². The highest BCUT2D eigenvalue weighted by atomic mass is 79.9. The molecule has 0 unspecified atom stereocenters. The maximum Gasteiger partial charge on any atom is 0.243 e. The van der Waals surface area contributed by atoms with Crippen molar-refractivity contribution in [2.24, 2.45) is 0 Å². The van der Waals surface area contributed by atoms with Crippen LogP contribution in [0.25, 0.3) is 6.08 Å². The first kappa shape index (κ1) is 9.92. The van der Waals surface area contributed by atoms with E-state index in [-0.39, 0.29) is 5.70 Å². The van der Waals surface area contributed by atoms with E-state index >= 15 is 0 Å². The van der Waals surface area contributed by atoms with Crippen molar-refractivity contribution in [2.45, 2.75) is 6.92 Å². The number of hydrogen-bond donors (Lipinski definition) is 0. The van der Waals surface area contributed by atoms with Gasteiger partial charge in [0.2, 0.25) is 5.70 Å². The van der Waals surface area contributed by atoms with Crippen LogP contribution >= 0.6 is 15.9 Å². The Labute approximate surface area is 84.4 Å². The summed E-state index contributed by atoms with van der Waals surface area (Å²) in [5, 5.41) is 10.3. The van der Waals surface area contributed by atoms with Crippen molar-refractivity contribution in [3.05, 3.63) is 50.1 Å². The van der Waals surface area contributed by atoms with E-state index in [4.69, 9.17) is 0 Å². The lowest BCUT2D eigenvalue weighted by molar-refractivity contribution is -0.422. The smallest absolute Gasteiger partial charge is 0.243 e. The second-order valence-electron chi connectivity index (χ2n) is 2.59. The minimum absolute atomic E-state index is 0.141. The van der Waals surface area contributed by atoms with Gasteiger partial charge in [0.15, 0.2) is 0 Å². The topological polar surface area (TPSA) is 43.1 Å². The maximum atomic E-state index is 10.3. The van der Waals surface area contributed by atoms with Gasteiger partial charge in [-0.1, -0.05) is 28.1 Å². The summed E-state index contributed by atoms with van der Waals surface area (Å²) in [6.45, 7) is 1.47. The molecule has 0 fully saturated rings. The molecule has 0 aliphatic rings. The summed E-state index contributed by atoms with van der Waals surface area (Å²) in [7, 11) is 0. The molecule has 0 atom stereocenters. The van der Waals surface area contributed by atoms with Crippen LogP contribution in [0.4, 0.5) is 0 Å². The van der Waals surface area contributed by atoms with Gasteiger partial charge in [-0.15, -0.1) is 0 Å². The van der Waals surface area contributed by atoms with Crippen LogP contribution in [0.15, 0.2) is 34.4 Å². The van der Waals surface area contributed by atoms with Gasteiger partial charge in [0.05, 0.1) is 4.92 Å². The largest absolute Gasteiger partial charge is 0.259 e. The molecule has 1 aromatic rings. The van der Waals surface area contributed by atoms with Crippen LogP contribution in [-0.2, 0) is 0 Å². The molecular formula is C9H8BrNO2. The Hall–Kier alpha value is -1.16. The quantitative estimate of drug-likeness (QED) is 0.590. The van der Waals surface area contributed by atoms with E-state index in [0.717, 1.165) is 10.0 Å². The number of nitrogens with zero attached hydrogens (tertiary/aromatic N) is 1. The zero-order chi connectivity index (χ0) is 9.84. The fourth-order valence-electron chi connectivity index (χ4n) is 0.853. The van der Waals surface area contributed by atoms with Crippen LogP contribution in [0.5, 0.6) is 0 Å². The summed E-state index contributed by atoms with van der Waals surface area (Å²) in [5.74, 6) is 0. The van der Waals surface area contributed by atoms with Crippen LogP contribution in [0.1, 0.15) is 12.5 Å². The molecule has 13 heavy (non-hydrogen) atoms. The molecule has 0 saturated heterocycles. The molecule has 0 bridgehead atoms. The standard InChI is InChI=1S/C9H8BrNO2/c1-7(11(12)13)6-8-2-4-9(10)5-3-8/h2-6H,1H3. The van der Waals surface area contributed by atoms with Crippen LogP contribution in [0.3, 0.4) is 0 Å². The lowest BCUT2D eigenvalue weighted by Gasteiger charge is -1.93. The van der Waals surface area contributed by atoms with Crippen molar-refractivity contribution in [3.63, 3.8) is 0 Å². The third-order valence-electron chi connectivity index (χ3n) is 1.53. The fourth-order valence-corrected chi connectivity index (χ4v) is 1.12. The van der Waals surface area contributed by atoms with Gasteiger partial charge in [0, 0.05) is 17.5 Å². The maximum absolute atomic E-state index is 10.3. The summed E-state index contributed by atoms with van der Waals surface area (Å²) in [5.41, 5.74) is 0.972. The molecule has 4 heteroatoms. The van der Waals surface area contributed by atoms with Gasteiger partial charge in [-0.05, 0) is 17.7 Å². The van der Waals surface area contributed by atoms with E-state index in [0.29, 0.717) is 0 Å². The van der Waals surface area contributed by atoms with Crippen molar-refractivity contribution in [1.29, 1.82) is 0 Å². The monoisotopic (exact) mass is 241 g/mol. The first-order valence-electron chi connectivity index (χ1n) is 3.68. The highest BCUT2D eigenvalue weighted by Crippen LogP contribution is 2.13. The van der Waals surface area contributed by atoms with Crippen LogP contribution in [0.2, 0.25) is 0 Å². The van der Waals surface area contributed by atoms with E-state index in [9.17, 15) is 10.1 Å². The highest BCUT2D eigenvalue weighted by molar-refractivity contribution is 9.10. The van der Waals surface area contributed by atoms with Gasteiger partial charge < -0.3 is 0 Å². The lowest BCUT2D eigenvalue weighted by atomic mass is 10.2. The number of nitro groups is 1. The number of rotatable bonds is 2. The molecule has 3 nitrogen and oxygen atoms in total. The van der Waals surface area contributed by atoms with Crippen molar-refractivity contribution in [3.8, 4) is 0 Å². The minimum atomic E-state index is -0.401. The molecule has 68 valence electrons. The number of halogens is 1. The molecule has 0 aliphatic heterocycles. The molecule has 0 aliphatic carbocycles. The average Bonchev–Trinajstić information content (AvgIpc) is 2.08. The number of allylic oxidation sites excluding steroid dienone is 1. The average molecular weight is 242 g/mol. The van der Waals surface area contributed by atoms with Crippen molar-refractivity contribution < 1.29 is 4.92 Å². The molecular weight excluding hydrogens is 234 g/mol. The molecule has 0 aromatic heterocycles. The highest BCUT2D eigenvalue weighted by Gasteiger charge is 2.00. The second-order valence-corrected chi connectivity index (χ2v) is 3.51. The van der Waals surface area contributed by atoms with Gasteiger partial charge in [-0.2, -0.15) is 0 Å². The summed E-state index contributed by atoms with van der Waals surface area (Å²) >= 11 is 3.29. The third-order valence-corrected chi connectivity index (χ3v) is 2.06. The molecule has 0 heterocycles. The Balaban J connectivity index is 2.92. The van der Waals surface area contributed by atoms with Gasteiger partial charge in [0.25, 0.3) is 0 Å². The van der Waals surface area contributed by atoms with E-state index in [2.05, 4.69) is 15.9 Å². The molecule has 0 N–H and O–H groups in total. The van der Waals surface area contributed by atoms with Crippen LogP contribution in [-0.4, -0.2) is 4.92 Å². The van der Waals surface area contributed by atoms with Crippen molar-refractivity contribution in [2.75, 3.05) is 0 Å². The molecule has 0 radical (unpaired) electrons. The first-order valence-corrected chi connectivity index (χ1v) is 4.47. The Morgan fingerprint density at radius 3 is 2.46 bits per heavy atom. The van der Waals surface area contributed by atoms with Gasteiger partial charge in [-0.25, -0.2) is 0 Å². The van der Waals surface area contributed by atoms with E-state index in [1.165, 1.54) is 13.0 Å². The SMILES string of the molecule is CC(=Cc1ccc(Br)cc1)[N+](=O)[O-]. The van der Waals surface area contributed by atoms with Crippen LogP contribution in [0, 0.1) is 10.1 Å². The Kier molecular flexibility index (Phi) is 3.19. The van der Waals surface area contributed by atoms with Gasteiger partial charge >= 0.3 is 0 Å². The summed E-state index contributed by atoms with van der Waals surface area (Å²) in [6, 6.07) is 7.33. The molecule has 1 aromatic carbocycles. The second kappa shape index (κ2) is 4.18. The first-order chi connectivity index (χ1) is 6.09. The Bertz CT molecular complexity index is 343. The molecule has 0 saturated carbocycles. The van der Waals surface area contributed by atoms with Crippen molar-refractivity contribution in [1.82, 2.24) is 0 Å². The van der Waals surface area contributed by atoms with E-state index < -0.39 is 4.92 Å². The van der Waals surface area contributed by atoms with Crippen molar-refractivity contribution >= 4 is 22.0 Å². The Morgan fingerprint density at radius 1 is 1.46 bits per heavy atom. The normalized spacial score (nSPS) is 11.4. The zero-order valence-corrected chi connectivity index (χ0v) is 8.61. The van der Waals surface area contributed by atoms with Gasteiger partial charge in [0.1, 0.15) is 0 Å². The number of benzene rings is 1. The summed E-state index contributed by atoms with van der Waals surface area (Å²) in [4.78, 5) is 9.90. The molecule has 1 rings (SSSR count). The Morgan fingerprint density at radius 2 is 2.00 bits per heavy atom. The number of hydrogen-bond acceptors (Lipinski definition) is 2. The summed E-state index contributed by atoms with van der Waals surface area (Å²) in [6.07, 6.45) is 1.53. The van der Waals surface area contributed by atoms with E-state index in [1.54, 1.807) is 0 Å². The molecule has 0 spiro atoms. The minimum Gasteiger partial charge on any atom is -0.259 e. The molecule has 0 amide bonds. The van der Waals surface area contributed by atoms with E-state index in [1.807, 2.05) is 24.3 Å². The third kappa shape index (κ3) is 2.99.